The van der Waals surface area contributed by atoms with E-state index in [2.05, 4.69) is 27.7 Å². The van der Waals surface area contributed by atoms with Crippen molar-refractivity contribution in [2.75, 3.05) is 13.6 Å². The minimum Gasteiger partial charge on any atom is -0.320 e. The van der Waals surface area contributed by atoms with Gasteiger partial charge in [-0.15, -0.1) is 0 Å². The Labute approximate surface area is 100 Å². The second kappa shape index (κ2) is 4.85. The van der Waals surface area contributed by atoms with Gasteiger partial charge in [0.25, 0.3) is 0 Å². The molecular formula is C12H16ClN3. The van der Waals surface area contributed by atoms with E-state index in [0.717, 1.165) is 30.7 Å². The second-order valence-electron chi connectivity index (χ2n) is 3.91. The molecule has 0 spiro atoms. The van der Waals surface area contributed by atoms with Gasteiger partial charge in [0, 0.05) is 12.1 Å². The van der Waals surface area contributed by atoms with Gasteiger partial charge in [0.2, 0.25) is 0 Å². The molecule has 2 aromatic heterocycles. The minimum absolute atomic E-state index is 0.600. The molecule has 0 bridgehead atoms. The van der Waals surface area contributed by atoms with E-state index in [9.17, 15) is 0 Å². The van der Waals surface area contributed by atoms with Crippen LogP contribution in [0.25, 0.3) is 5.52 Å². The van der Waals surface area contributed by atoms with Crippen LogP contribution < -0.4 is 5.32 Å². The molecule has 0 atom stereocenters. The van der Waals surface area contributed by atoms with Gasteiger partial charge in [0.15, 0.2) is 5.15 Å². The molecule has 0 aliphatic heterocycles. The highest BCUT2D eigenvalue weighted by molar-refractivity contribution is 6.32. The van der Waals surface area contributed by atoms with Gasteiger partial charge in [0.1, 0.15) is 5.82 Å². The first kappa shape index (κ1) is 11.4. The topological polar surface area (TPSA) is 29.3 Å². The zero-order valence-electron chi connectivity index (χ0n) is 9.63. The van der Waals surface area contributed by atoms with Crippen LogP contribution in [0.4, 0.5) is 0 Å². The Kier molecular flexibility index (Phi) is 3.46. The number of aryl methyl sites for hydroxylation is 2. The van der Waals surface area contributed by atoms with E-state index in [4.69, 9.17) is 11.6 Å². The summed E-state index contributed by atoms with van der Waals surface area (Å²) in [6.07, 6.45) is 2.01. The number of imidazole rings is 1. The van der Waals surface area contributed by atoms with Gasteiger partial charge in [0.05, 0.1) is 5.52 Å². The fraction of sp³-hybridized carbons (Fsp3) is 0.417. The van der Waals surface area contributed by atoms with E-state index in [-0.39, 0.29) is 0 Å². The summed E-state index contributed by atoms with van der Waals surface area (Å²) in [5.41, 5.74) is 2.18. The Balaban J connectivity index is 2.37. The summed E-state index contributed by atoms with van der Waals surface area (Å²) in [6.45, 7) is 3.07. The molecule has 2 rings (SSSR count). The zero-order valence-corrected chi connectivity index (χ0v) is 10.4. The third-order valence-corrected chi connectivity index (χ3v) is 2.99. The van der Waals surface area contributed by atoms with Crippen LogP contribution in [0.15, 0.2) is 18.2 Å². The van der Waals surface area contributed by atoms with Crippen LogP contribution in [-0.4, -0.2) is 23.0 Å². The Morgan fingerprint density at radius 3 is 3.00 bits per heavy atom. The van der Waals surface area contributed by atoms with Crippen molar-refractivity contribution in [3.63, 3.8) is 0 Å². The van der Waals surface area contributed by atoms with Crippen molar-refractivity contribution in [3.8, 4) is 0 Å². The largest absolute Gasteiger partial charge is 0.320 e. The van der Waals surface area contributed by atoms with E-state index in [1.54, 1.807) is 0 Å². The van der Waals surface area contributed by atoms with Crippen LogP contribution in [-0.2, 0) is 6.42 Å². The van der Waals surface area contributed by atoms with Crippen molar-refractivity contribution in [3.05, 3.63) is 34.9 Å². The number of halogens is 1. The minimum atomic E-state index is 0.600. The highest BCUT2D eigenvalue weighted by Crippen LogP contribution is 2.20. The predicted octanol–water partition coefficient (Wildman–Crippen LogP) is 2.45. The number of hydrogen-bond donors (Lipinski definition) is 1. The lowest BCUT2D eigenvalue weighted by Gasteiger charge is -2.04. The number of aromatic nitrogens is 2. The first-order chi connectivity index (χ1) is 7.74. The first-order valence-electron chi connectivity index (χ1n) is 5.51. The number of pyridine rings is 1. The van der Waals surface area contributed by atoms with Gasteiger partial charge >= 0.3 is 0 Å². The molecule has 0 amide bonds. The van der Waals surface area contributed by atoms with Crippen molar-refractivity contribution >= 4 is 17.1 Å². The van der Waals surface area contributed by atoms with Crippen LogP contribution >= 0.6 is 11.6 Å². The van der Waals surface area contributed by atoms with Gasteiger partial charge in [-0.2, -0.15) is 0 Å². The number of rotatable bonds is 4. The number of fused-ring (bicyclic) bond motifs is 1. The highest BCUT2D eigenvalue weighted by Gasteiger charge is 2.09. The molecular weight excluding hydrogens is 222 g/mol. The summed E-state index contributed by atoms with van der Waals surface area (Å²) in [6, 6.07) is 6.09. The SMILES string of the molecule is CNCCCc1nc(Cl)c2cccc(C)n12. The molecule has 4 heteroatoms. The van der Waals surface area contributed by atoms with Gasteiger partial charge in [-0.1, -0.05) is 17.7 Å². The monoisotopic (exact) mass is 237 g/mol. The molecule has 0 saturated carbocycles. The normalized spacial score (nSPS) is 11.2. The number of hydrogen-bond acceptors (Lipinski definition) is 2. The third-order valence-electron chi connectivity index (χ3n) is 2.71. The van der Waals surface area contributed by atoms with Gasteiger partial charge < -0.3 is 5.32 Å². The van der Waals surface area contributed by atoms with E-state index in [0.29, 0.717) is 5.15 Å². The number of nitrogens with one attached hydrogen (secondary N) is 1. The lowest BCUT2D eigenvalue weighted by atomic mass is 10.3. The Morgan fingerprint density at radius 2 is 2.25 bits per heavy atom. The van der Waals surface area contributed by atoms with E-state index < -0.39 is 0 Å². The molecule has 0 radical (unpaired) electrons. The summed E-state index contributed by atoms with van der Waals surface area (Å²) in [5.74, 6) is 1.05. The Bertz CT molecular complexity index is 490. The molecule has 2 aromatic rings. The van der Waals surface area contributed by atoms with E-state index in [1.165, 1.54) is 5.69 Å². The average molecular weight is 238 g/mol. The van der Waals surface area contributed by atoms with Crippen molar-refractivity contribution in [1.29, 1.82) is 0 Å². The predicted molar refractivity (Wildman–Crippen MR) is 67.2 cm³/mol. The maximum absolute atomic E-state index is 6.11. The van der Waals surface area contributed by atoms with Crippen LogP contribution in [0.2, 0.25) is 5.15 Å². The molecule has 0 fully saturated rings. The van der Waals surface area contributed by atoms with Crippen LogP contribution in [0.3, 0.4) is 0 Å². The number of nitrogens with zero attached hydrogens (tertiary/aromatic N) is 2. The zero-order chi connectivity index (χ0) is 11.5. The molecule has 0 aromatic carbocycles. The van der Waals surface area contributed by atoms with Crippen molar-refractivity contribution in [1.82, 2.24) is 14.7 Å². The molecule has 2 heterocycles. The quantitative estimate of drug-likeness (QED) is 0.828. The van der Waals surface area contributed by atoms with Crippen LogP contribution in [0, 0.1) is 6.92 Å². The van der Waals surface area contributed by atoms with Crippen molar-refractivity contribution in [2.45, 2.75) is 19.8 Å². The van der Waals surface area contributed by atoms with Crippen molar-refractivity contribution < 1.29 is 0 Å². The lowest BCUT2D eigenvalue weighted by Crippen LogP contribution is -2.09. The first-order valence-corrected chi connectivity index (χ1v) is 5.89. The van der Waals surface area contributed by atoms with Gasteiger partial charge in [-0.3, -0.25) is 4.40 Å². The summed E-state index contributed by atoms with van der Waals surface area (Å²) < 4.78 is 2.14. The molecule has 3 nitrogen and oxygen atoms in total. The van der Waals surface area contributed by atoms with Crippen LogP contribution in [0.5, 0.6) is 0 Å². The van der Waals surface area contributed by atoms with Crippen LogP contribution in [0.1, 0.15) is 17.9 Å². The standard InChI is InChI=1S/C12H16ClN3/c1-9-5-3-6-10-12(13)15-11(16(9)10)7-4-8-14-2/h3,5-6,14H,4,7-8H2,1-2H3. The summed E-state index contributed by atoms with van der Waals surface area (Å²) in [7, 11) is 1.96. The fourth-order valence-electron chi connectivity index (χ4n) is 1.93. The molecule has 1 N–H and O–H groups in total. The second-order valence-corrected chi connectivity index (χ2v) is 4.27. The Hall–Kier alpha value is -1.06. The smallest absolute Gasteiger partial charge is 0.155 e. The lowest BCUT2D eigenvalue weighted by molar-refractivity contribution is 0.699. The molecule has 16 heavy (non-hydrogen) atoms. The van der Waals surface area contributed by atoms with Crippen molar-refractivity contribution in [2.24, 2.45) is 0 Å². The Morgan fingerprint density at radius 1 is 1.44 bits per heavy atom. The van der Waals surface area contributed by atoms with Gasteiger partial charge in [-0.05, 0) is 39.1 Å². The maximum atomic E-state index is 6.11. The molecule has 0 aliphatic rings. The summed E-state index contributed by atoms with van der Waals surface area (Å²) in [4.78, 5) is 4.42. The van der Waals surface area contributed by atoms with Gasteiger partial charge in [-0.25, -0.2) is 4.98 Å². The van der Waals surface area contributed by atoms with E-state index in [1.807, 2.05) is 19.2 Å². The van der Waals surface area contributed by atoms with E-state index >= 15 is 0 Å². The fourth-order valence-corrected chi connectivity index (χ4v) is 2.18. The molecule has 0 saturated heterocycles. The molecule has 0 unspecified atom stereocenters. The average Bonchev–Trinajstić information content (AvgIpc) is 2.58. The maximum Gasteiger partial charge on any atom is 0.155 e. The molecule has 86 valence electrons. The third kappa shape index (κ3) is 2.06. The molecule has 0 aliphatic carbocycles. The summed E-state index contributed by atoms with van der Waals surface area (Å²) in [5, 5.41) is 3.74. The highest BCUT2D eigenvalue weighted by atomic mass is 35.5. The summed E-state index contributed by atoms with van der Waals surface area (Å²) >= 11 is 6.11.